The lowest BCUT2D eigenvalue weighted by Crippen LogP contribution is -2.75. The molecule has 2 aliphatic rings. The minimum Gasteiger partial charge on any atom is -0.489 e. The normalized spacial score (nSPS) is 19.5. The van der Waals surface area contributed by atoms with Crippen molar-refractivity contribution >= 4 is 40.4 Å². The first-order valence-corrected chi connectivity index (χ1v) is 13.4. The molecule has 3 heterocycles. The van der Waals surface area contributed by atoms with E-state index in [2.05, 4.69) is 4.74 Å². The van der Waals surface area contributed by atoms with Crippen LogP contribution in [-0.2, 0) is 30.3 Å². The van der Waals surface area contributed by atoms with Gasteiger partial charge in [-0.1, -0.05) is 36.7 Å². The van der Waals surface area contributed by atoms with Crippen molar-refractivity contribution in [1.29, 1.82) is 0 Å². The summed E-state index contributed by atoms with van der Waals surface area (Å²) in [5.41, 5.74) is -0.480. The topological polar surface area (TPSA) is 133 Å². The van der Waals surface area contributed by atoms with E-state index in [9.17, 15) is 24.3 Å². The smallest absolute Gasteiger partial charge is 0.352 e. The number of carbonyl (C=O) groups excluding carboxylic acids is 2. The van der Waals surface area contributed by atoms with E-state index in [1.807, 2.05) is 36.4 Å². The summed E-state index contributed by atoms with van der Waals surface area (Å²) in [5.74, 6) is -1.33. The van der Waals surface area contributed by atoms with E-state index < -0.39 is 28.5 Å². The predicted molar refractivity (Wildman–Crippen MR) is 151 cm³/mol. The molecule has 1 aromatic heterocycles. The summed E-state index contributed by atoms with van der Waals surface area (Å²) >= 11 is 1.33. The Morgan fingerprint density at radius 1 is 1.20 bits per heavy atom. The number of hydrogen-bond donors (Lipinski definition) is 1. The van der Waals surface area contributed by atoms with Crippen LogP contribution in [-0.4, -0.2) is 65.2 Å². The number of amides is 1. The molecule has 1 N–H and O–H groups in total. The summed E-state index contributed by atoms with van der Waals surface area (Å²) in [4.78, 5) is 51.0. The lowest BCUT2D eigenvalue weighted by molar-refractivity contribution is -0.186. The van der Waals surface area contributed by atoms with Gasteiger partial charge in [0.25, 0.3) is 5.91 Å². The molecule has 3 aromatic rings. The summed E-state index contributed by atoms with van der Waals surface area (Å²) in [6, 6.07) is 17.1. The summed E-state index contributed by atoms with van der Waals surface area (Å²) in [7, 11) is 2.79. The van der Waals surface area contributed by atoms with E-state index in [-0.39, 0.29) is 36.7 Å². The van der Waals surface area contributed by atoms with Crippen molar-refractivity contribution in [2.24, 2.45) is 0 Å². The number of benzene rings is 2. The highest BCUT2D eigenvalue weighted by atomic mass is 32.2. The van der Waals surface area contributed by atoms with Gasteiger partial charge in [0.1, 0.15) is 42.3 Å². The van der Waals surface area contributed by atoms with Crippen molar-refractivity contribution in [3.63, 3.8) is 0 Å². The number of terminal acetylenes is 1. The quantitative estimate of drug-likeness (QED) is 0.229. The minimum absolute atomic E-state index is 0.0827. The van der Waals surface area contributed by atoms with Gasteiger partial charge >= 0.3 is 11.6 Å². The van der Waals surface area contributed by atoms with Gasteiger partial charge in [-0.2, -0.15) is 0 Å². The fourth-order valence-corrected chi connectivity index (χ4v) is 6.15. The van der Waals surface area contributed by atoms with E-state index in [0.717, 1.165) is 10.9 Å². The van der Waals surface area contributed by atoms with E-state index in [4.69, 9.17) is 15.3 Å². The van der Waals surface area contributed by atoms with Gasteiger partial charge < -0.3 is 23.7 Å². The Balaban J connectivity index is 0.000000748. The standard InChI is InChI=1S/C27H23NO8S.C3H4O/c1-34-27(13-19(29)11-16-5-3-2-4-6-16)25(33)28-23(24(31)32)18(15-37-26(27)28)14-35-20-9-7-17-8-10-22(30)36-21(17)12-20;1-3-4-2/h2-10,12,26H,11,13-15H2,1H3,(H,31,32);1H,2H3/t26-,27+;/m1./s1/i;1D. The largest absolute Gasteiger partial charge is 0.489 e. The molecule has 2 aliphatic heterocycles. The highest BCUT2D eigenvalue weighted by molar-refractivity contribution is 8.00. The fraction of sp³-hybridized carbons (Fsp3) is 0.267. The Labute approximate surface area is 241 Å². The second-order valence-corrected chi connectivity index (χ2v) is 10.2. The first-order chi connectivity index (χ1) is 20.2. The zero-order valence-electron chi connectivity index (χ0n) is 23.2. The van der Waals surface area contributed by atoms with E-state index in [0.29, 0.717) is 16.9 Å². The maximum atomic E-state index is 13.3. The Morgan fingerprint density at radius 2 is 1.95 bits per heavy atom. The molecule has 1 amide bonds. The predicted octanol–water partition coefficient (Wildman–Crippen LogP) is 3.24. The molecule has 1 saturated heterocycles. The van der Waals surface area contributed by atoms with Crippen molar-refractivity contribution in [3.05, 3.63) is 87.9 Å². The number of rotatable bonds is 9. The molecule has 10 nitrogen and oxygen atoms in total. The highest BCUT2D eigenvalue weighted by Crippen LogP contribution is 2.49. The lowest BCUT2D eigenvalue weighted by Gasteiger charge is -2.56. The van der Waals surface area contributed by atoms with Crippen molar-refractivity contribution < 1.29 is 39.5 Å². The highest BCUT2D eigenvalue weighted by Gasteiger charge is 2.65. The first kappa shape index (κ1) is 28.0. The SMILES string of the molecule is CO[C@@]1(CC(=O)Cc2ccccc2)C(=O)N2C(C(=O)O)=C(COc3ccc4ccc(=O)oc4c3)CS[C@@H]21.[2H]C#COC. The molecule has 11 heteroatoms. The molecule has 41 heavy (non-hydrogen) atoms. The van der Waals surface area contributed by atoms with Crippen molar-refractivity contribution in [1.82, 2.24) is 4.90 Å². The number of ketones is 1. The molecule has 0 unspecified atom stereocenters. The van der Waals surface area contributed by atoms with Crippen LogP contribution in [0.1, 0.15) is 13.4 Å². The first-order valence-electron chi connectivity index (χ1n) is 12.9. The molecule has 212 valence electrons. The molecule has 0 aliphatic carbocycles. The van der Waals surface area contributed by atoms with Gasteiger partial charge in [-0.3, -0.25) is 14.5 Å². The van der Waals surface area contributed by atoms with Crippen LogP contribution in [0.15, 0.2) is 81.1 Å². The average Bonchev–Trinajstić information content (AvgIpc) is 2.99. The van der Waals surface area contributed by atoms with Crippen LogP contribution in [0.4, 0.5) is 0 Å². The Hall–Kier alpha value is -4.53. The zero-order chi connectivity index (χ0) is 30.3. The van der Waals surface area contributed by atoms with Crippen LogP contribution in [0.2, 0.25) is 0 Å². The van der Waals surface area contributed by atoms with Crippen molar-refractivity contribution in [2.45, 2.75) is 23.8 Å². The van der Waals surface area contributed by atoms with Gasteiger partial charge in [-0.25, -0.2) is 9.59 Å². The molecule has 0 spiro atoms. The van der Waals surface area contributed by atoms with Crippen LogP contribution < -0.4 is 10.4 Å². The number of carboxylic acids is 1. The van der Waals surface area contributed by atoms with Crippen molar-refractivity contribution in [2.75, 3.05) is 26.6 Å². The van der Waals surface area contributed by atoms with Crippen LogP contribution >= 0.6 is 11.8 Å². The van der Waals surface area contributed by atoms with E-state index in [1.165, 1.54) is 36.9 Å². The molecule has 1 fully saturated rings. The fourth-order valence-electron chi connectivity index (χ4n) is 4.67. The van der Waals surface area contributed by atoms with Crippen LogP contribution in [0.3, 0.4) is 0 Å². The minimum atomic E-state index is -1.42. The molecule has 0 radical (unpaired) electrons. The van der Waals surface area contributed by atoms with Gasteiger partial charge in [-0.15, -0.1) is 11.8 Å². The van der Waals surface area contributed by atoms with Gasteiger partial charge in [-0.05, 0) is 23.8 Å². The van der Waals surface area contributed by atoms with Gasteiger partial charge in [0.2, 0.25) is 0 Å². The molecular formula is C30H27NO9S. The third-order valence-electron chi connectivity index (χ3n) is 6.59. The molecule has 5 rings (SSSR count). The maximum absolute atomic E-state index is 13.3. The number of ether oxygens (including phenoxy) is 3. The van der Waals surface area contributed by atoms with E-state index >= 15 is 0 Å². The summed E-state index contributed by atoms with van der Waals surface area (Å²) in [6.45, 7) is -0.0827. The number of carbonyl (C=O) groups is 3. The van der Waals surface area contributed by atoms with Crippen LogP contribution in [0.25, 0.3) is 11.0 Å². The average molecular weight is 579 g/mol. The third kappa shape index (κ3) is 6.14. The van der Waals surface area contributed by atoms with Gasteiger partial charge in [0.05, 0.1) is 7.11 Å². The Morgan fingerprint density at radius 3 is 2.61 bits per heavy atom. The number of hydrogen-bond acceptors (Lipinski definition) is 9. The number of carboxylic acid groups (broad SMARTS) is 1. The zero-order valence-corrected chi connectivity index (χ0v) is 23.1. The molecular weight excluding hydrogens is 550 g/mol. The maximum Gasteiger partial charge on any atom is 0.352 e. The van der Waals surface area contributed by atoms with Gasteiger partial charge in [0.15, 0.2) is 5.60 Å². The third-order valence-corrected chi connectivity index (χ3v) is 8.01. The van der Waals surface area contributed by atoms with E-state index in [1.54, 1.807) is 30.7 Å². The summed E-state index contributed by atoms with van der Waals surface area (Å²) < 4.78 is 26.8. The second kappa shape index (κ2) is 12.8. The summed E-state index contributed by atoms with van der Waals surface area (Å²) in [6.07, 6.45) is 3.83. The molecule has 0 bridgehead atoms. The number of Topliss-reactive ketones (excluding diaryl/α,β-unsaturated/α-hetero) is 1. The van der Waals surface area contributed by atoms with Crippen LogP contribution in [0, 0.1) is 12.5 Å². The van der Waals surface area contributed by atoms with Crippen molar-refractivity contribution in [3.8, 4) is 18.3 Å². The number of methoxy groups -OCH3 is 2. The monoisotopic (exact) mass is 578 g/mol. The van der Waals surface area contributed by atoms with Gasteiger partial charge in [0, 0.05) is 48.8 Å². The Kier molecular flexibility index (Phi) is 8.72. The molecule has 2 atom stereocenters. The second-order valence-electron chi connectivity index (χ2n) is 9.12. The Bertz CT molecular complexity index is 1640. The number of nitrogens with zero attached hydrogens (tertiary/aromatic N) is 1. The molecule has 0 saturated carbocycles. The number of thioether (sulfide) groups is 1. The number of fused-ring (bicyclic) bond motifs is 2. The number of aliphatic carboxylic acids is 1. The summed E-state index contributed by atoms with van der Waals surface area (Å²) in [5, 5.41) is 10.0. The number of β-lactam (4-membered cyclic amide) rings is 1. The lowest BCUT2D eigenvalue weighted by atomic mass is 9.84. The van der Waals surface area contributed by atoms with Crippen LogP contribution in [0.5, 0.6) is 5.75 Å². The molecule has 2 aromatic carbocycles.